The Kier molecular flexibility index (Phi) is 32.4. The third-order valence-electron chi connectivity index (χ3n) is 8.49. The molecule has 0 spiro atoms. The molecule has 0 N–H and O–H groups in total. The molecule has 0 heterocycles. The second kappa shape index (κ2) is 33.3. The summed E-state index contributed by atoms with van der Waals surface area (Å²) in [7, 11) is 0. The molecule has 0 unspecified atom stereocenters. The smallest absolute Gasteiger partial charge is 0.136 e. The van der Waals surface area contributed by atoms with E-state index >= 15 is 0 Å². The first-order valence-corrected chi connectivity index (χ1v) is 18.5. The molecule has 2 heteroatoms. The first-order valence-electron chi connectivity index (χ1n) is 18.5. The molecule has 0 rings (SSSR count). The quantitative estimate of drug-likeness (QED) is 0.0579. The first-order chi connectivity index (χ1) is 20.1. The van der Waals surface area contributed by atoms with Gasteiger partial charge in [0, 0.05) is 25.2 Å². The molecule has 240 valence electrons. The molecule has 0 fully saturated rings. The van der Waals surface area contributed by atoms with Crippen LogP contribution in [-0.4, -0.2) is 11.6 Å². The summed E-state index contributed by atoms with van der Waals surface area (Å²) in [5.41, 5.74) is 0. The fourth-order valence-electron chi connectivity index (χ4n) is 5.57. The van der Waals surface area contributed by atoms with E-state index in [0.717, 1.165) is 25.7 Å². The maximum absolute atomic E-state index is 12.5. The van der Waals surface area contributed by atoms with Crippen molar-refractivity contribution in [1.82, 2.24) is 0 Å². The van der Waals surface area contributed by atoms with Crippen molar-refractivity contribution in [3.8, 4) is 0 Å². The highest BCUT2D eigenvalue weighted by Crippen LogP contribution is 2.16. The lowest BCUT2D eigenvalue weighted by atomic mass is 9.94. The number of ketones is 2. The van der Waals surface area contributed by atoms with Crippen molar-refractivity contribution in [3.05, 3.63) is 24.3 Å². The average Bonchev–Trinajstić information content (AvgIpc) is 2.96. The Morgan fingerprint density at radius 2 is 0.756 bits per heavy atom. The van der Waals surface area contributed by atoms with Crippen LogP contribution in [0.2, 0.25) is 0 Å². The summed E-state index contributed by atoms with van der Waals surface area (Å²) >= 11 is 0. The maximum atomic E-state index is 12.5. The Hall–Kier alpha value is -1.18. The van der Waals surface area contributed by atoms with Gasteiger partial charge in [0.1, 0.15) is 11.6 Å². The summed E-state index contributed by atoms with van der Waals surface area (Å²) in [5, 5.41) is 0. The molecule has 0 saturated heterocycles. The monoisotopic (exact) mass is 573 g/mol. The molecule has 0 aliphatic carbocycles. The molecule has 0 bridgehead atoms. The Morgan fingerprint density at radius 3 is 1.15 bits per heavy atom. The van der Waals surface area contributed by atoms with Gasteiger partial charge in [-0.15, -0.1) is 0 Å². The highest BCUT2D eigenvalue weighted by molar-refractivity contribution is 5.87. The van der Waals surface area contributed by atoms with E-state index in [9.17, 15) is 9.59 Å². The van der Waals surface area contributed by atoms with Crippen molar-refractivity contribution in [1.29, 1.82) is 0 Å². The molecule has 0 saturated carbocycles. The summed E-state index contributed by atoms with van der Waals surface area (Å²) in [6, 6.07) is 0. The number of rotatable bonds is 33. The number of hydrogen-bond acceptors (Lipinski definition) is 2. The van der Waals surface area contributed by atoms with Crippen molar-refractivity contribution < 1.29 is 9.59 Å². The van der Waals surface area contributed by atoms with Crippen LogP contribution in [0.5, 0.6) is 0 Å². The van der Waals surface area contributed by atoms with E-state index < -0.39 is 0 Å². The lowest BCUT2D eigenvalue weighted by Gasteiger charge is -2.10. The van der Waals surface area contributed by atoms with Crippen molar-refractivity contribution in [3.63, 3.8) is 0 Å². The number of unbranched alkanes of at least 4 members (excludes halogenated alkanes) is 22. The third-order valence-corrected chi connectivity index (χ3v) is 8.49. The minimum atomic E-state index is -0.0950. The first kappa shape index (κ1) is 39.8. The van der Waals surface area contributed by atoms with Gasteiger partial charge in [0.15, 0.2) is 0 Å². The molecule has 0 aromatic carbocycles. The van der Waals surface area contributed by atoms with Crippen LogP contribution in [0.1, 0.15) is 207 Å². The lowest BCUT2D eigenvalue weighted by Crippen LogP contribution is -2.15. The van der Waals surface area contributed by atoms with Gasteiger partial charge in [0.05, 0.1) is 0 Å². The van der Waals surface area contributed by atoms with Gasteiger partial charge < -0.3 is 0 Å². The van der Waals surface area contributed by atoms with Crippen LogP contribution in [0, 0.1) is 5.92 Å². The summed E-state index contributed by atoms with van der Waals surface area (Å²) < 4.78 is 0. The average molecular weight is 573 g/mol. The SMILES string of the molecule is CCCCCCCC/C=C\CCCCCCCC(=O)C[C@@H](C)C(=O)CCCCCCC/C=C\CCCCCCCC. The molecule has 0 radical (unpaired) electrons. The van der Waals surface area contributed by atoms with E-state index in [0.29, 0.717) is 25.0 Å². The van der Waals surface area contributed by atoms with Gasteiger partial charge in [0.25, 0.3) is 0 Å². The van der Waals surface area contributed by atoms with Gasteiger partial charge in [-0.1, -0.05) is 148 Å². The zero-order chi connectivity index (χ0) is 30.1. The predicted octanol–water partition coefficient (Wildman–Crippen LogP) is 13.2. The topological polar surface area (TPSA) is 34.1 Å². The molecule has 0 aliphatic rings. The molecule has 0 aromatic heterocycles. The fourth-order valence-corrected chi connectivity index (χ4v) is 5.57. The Morgan fingerprint density at radius 1 is 0.439 bits per heavy atom. The number of allylic oxidation sites excluding steroid dienone is 4. The molecular formula is C39H72O2. The number of carbonyl (C=O) groups excluding carboxylic acids is 2. The van der Waals surface area contributed by atoms with E-state index in [1.54, 1.807) is 0 Å². The van der Waals surface area contributed by atoms with Crippen LogP contribution in [0.4, 0.5) is 0 Å². The van der Waals surface area contributed by atoms with Gasteiger partial charge in [-0.2, -0.15) is 0 Å². The summed E-state index contributed by atoms with van der Waals surface area (Å²) in [5.74, 6) is 0.482. The van der Waals surface area contributed by atoms with E-state index in [4.69, 9.17) is 0 Å². The second-order valence-electron chi connectivity index (χ2n) is 12.8. The Labute approximate surface area is 258 Å². The molecule has 2 nitrogen and oxygen atoms in total. The van der Waals surface area contributed by atoms with Gasteiger partial charge >= 0.3 is 0 Å². The van der Waals surface area contributed by atoms with Gasteiger partial charge in [-0.05, 0) is 64.2 Å². The summed E-state index contributed by atoms with van der Waals surface area (Å²) in [6.07, 6.45) is 44.4. The Bertz CT molecular complexity index is 617. The van der Waals surface area contributed by atoms with E-state index in [2.05, 4.69) is 38.2 Å². The molecule has 0 aromatic rings. The minimum absolute atomic E-state index is 0.0950. The highest BCUT2D eigenvalue weighted by Gasteiger charge is 2.16. The van der Waals surface area contributed by atoms with Gasteiger partial charge in [0.2, 0.25) is 0 Å². The zero-order valence-corrected chi connectivity index (χ0v) is 28.2. The number of Topliss-reactive ketones (excluding diaryl/α,β-unsaturated/α-hetero) is 2. The highest BCUT2D eigenvalue weighted by atomic mass is 16.1. The maximum Gasteiger partial charge on any atom is 0.136 e. The fraction of sp³-hybridized carbons (Fsp3) is 0.846. The lowest BCUT2D eigenvalue weighted by molar-refractivity contribution is -0.127. The van der Waals surface area contributed by atoms with Crippen LogP contribution in [0.25, 0.3) is 0 Å². The van der Waals surface area contributed by atoms with Crippen LogP contribution in [0.15, 0.2) is 24.3 Å². The van der Waals surface area contributed by atoms with Crippen LogP contribution in [0.3, 0.4) is 0 Å². The normalized spacial score (nSPS) is 12.6. The van der Waals surface area contributed by atoms with Crippen molar-refractivity contribution in [2.45, 2.75) is 207 Å². The summed E-state index contributed by atoms with van der Waals surface area (Å²) in [4.78, 5) is 24.8. The molecule has 0 aliphatic heterocycles. The van der Waals surface area contributed by atoms with Crippen LogP contribution < -0.4 is 0 Å². The van der Waals surface area contributed by atoms with Crippen molar-refractivity contribution in [2.75, 3.05) is 0 Å². The zero-order valence-electron chi connectivity index (χ0n) is 28.2. The minimum Gasteiger partial charge on any atom is -0.300 e. The van der Waals surface area contributed by atoms with E-state index in [-0.39, 0.29) is 11.7 Å². The molecule has 0 amide bonds. The van der Waals surface area contributed by atoms with Crippen molar-refractivity contribution in [2.24, 2.45) is 5.92 Å². The largest absolute Gasteiger partial charge is 0.300 e. The number of carbonyl (C=O) groups is 2. The van der Waals surface area contributed by atoms with Gasteiger partial charge in [-0.25, -0.2) is 0 Å². The van der Waals surface area contributed by atoms with Crippen LogP contribution >= 0.6 is 0 Å². The standard InChI is InChI=1S/C39H72O2/c1-4-6-8-10-12-14-16-18-20-22-24-26-28-30-32-34-38(40)36-37(3)39(41)35-33-31-29-27-25-23-21-19-17-15-13-11-9-7-5-2/h18-21,37H,4-17,22-36H2,1-3H3/b20-18-,21-19-/t37-/m1/s1. The number of hydrogen-bond donors (Lipinski definition) is 0. The predicted molar refractivity (Wildman–Crippen MR) is 183 cm³/mol. The van der Waals surface area contributed by atoms with E-state index in [1.807, 2.05) is 6.92 Å². The summed E-state index contributed by atoms with van der Waals surface area (Å²) in [6.45, 7) is 6.50. The Balaban J connectivity index is 3.49. The van der Waals surface area contributed by atoms with E-state index in [1.165, 1.54) is 141 Å². The molecule has 1 atom stereocenters. The molecular weight excluding hydrogens is 500 g/mol. The van der Waals surface area contributed by atoms with Crippen LogP contribution in [-0.2, 0) is 9.59 Å². The second-order valence-corrected chi connectivity index (χ2v) is 12.8. The third kappa shape index (κ3) is 31.6. The van der Waals surface area contributed by atoms with Crippen molar-refractivity contribution >= 4 is 11.6 Å². The molecule has 41 heavy (non-hydrogen) atoms. The van der Waals surface area contributed by atoms with Gasteiger partial charge in [-0.3, -0.25) is 9.59 Å².